The van der Waals surface area contributed by atoms with E-state index in [4.69, 9.17) is 4.74 Å². The Morgan fingerprint density at radius 3 is 1.83 bits per heavy atom. The Kier molecular flexibility index (Phi) is 6.77. The van der Waals surface area contributed by atoms with Crippen molar-refractivity contribution in [2.75, 3.05) is 6.61 Å². The maximum atomic E-state index is 11.2. The highest BCUT2D eigenvalue weighted by atomic mass is 16.5. The molecule has 2 nitrogen and oxygen atoms in total. The minimum absolute atomic E-state index is 0.372. The van der Waals surface area contributed by atoms with Gasteiger partial charge in [0.25, 0.3) is 0 Å². The predicted octanol–water partition coefficient (Wildman–Crippen LogP) is 8.63. The van der Waals surface area contributed by atoms with Gasteiger partial charge in [0.05, 0.1) is 6.61 Å². The van der Waals surface area contributed by atoms with Crippen molar-refractivity contribution >= 4 is 33.6 Å². The summed E-state index contributed by atoms with van der Waals surface area (Å²) in [5, 5.41) is 4.92. The largest absolute Gasteiger partial charge is 0.463 e. The summed E-state index contributed by atoms with van der Waals surface area (Å²) < 4.78 is 5.10. The van der Waals surface area contributed by atoms with Crippen molar-refractivity contribution in [2.24, 2.45) is 0 Å². The minimum Gasteiger partial charge on any atom is -0.463 e. The summed E-state index contributed by atoms with van der Waals surface area (Å²) in [5.41, 5.74) is 7.22. The first kappa shape index (κ1) is 23.3. The lowest BCUT2D eigenvalue weighted by atomic mass is 9.84. The number of hydrogen-bond donors (Lipinski definition) is 0. The van der Waals surface area contributed by atoms with Crippen LogP contribution in [0.15, 0.2) is 116 Å². The van der Waals surface area contributed by atoms with Crippen molar-refractivity contribution in [2.45, 2.75) is 12.8 Å². The Morgan fingerprint density at radius 2 is 1.25 bits per heavy atom. The molecule has 0 spiro atoms. The van der Waals surface area contributed by atoms with Gasteiger partial charge in [0.1, 0.15) is 0 Å². The lowest BCUT2D eigenvalue weighted by molar-refractivity contribution is -0.137. The molecule has 0 aliphatic heterocycles. The molecule has 0 saturated heterocycles. The van der Waals surface area contributed by atoms with Gasteiger partial charge in [-0.2, -0.15) is 0 Å². The third-order valence-electron chi connectivity index (χ3n) is 6.64. The molecule has 0 amide bonds. The smallest absolute Gasteiger partial charge is 0.330 e. The second-order valence-corrected chi connectivity index (χ2v) is 8.80. The number of rotatable bonds is 8. The van der Waals surface area contributed by atoms with Crippen molar-refractivity contribution in [1.82, 2.24) is 0 Å². The zero-order valence-corrected chi connectivity index (χ0v) is 20.2. The number of esters is 1. The maximum absolute atomic E-state index is 11.2. The van der Waals surface area contributed by atoms with Crippen LogP contribution >= 0.6 is 0 Å². The second kappa shape index (κ2) is 10.5. The van der Waals surface area contributed by atoms with Gasteiger partial charge in [-0.05, 0) is 67.8 Å². The quantitative estimate of drug-likeness (QED) is 0.0986. The molecule has 2 heteroatoms. The van der Waals surface area contributed by atoms with Gasteiger partial charge in [0.15, 0.2) is 0 Å². The Balaban J connectivity index is 1.62. The number of hydrogen-bond acceptors (Lipinski definition) is 2. The number of benzene rings is 5. The zero-order chi connectivity index (χ0) is 24.9. The van der Waals surface area contributed by atoms with Crippen molar-refractivity contribution in [3.63, 3.8) is 0 Å². The Morgan fingerprint density at radius 1 is 0.694 bits per heavy atom. The fourth-order valence-electron chi connectivity index (χ4n) is 4.98. The van der Waals surface area contributed by atoms with E-state index in [2.05, 4.69) is 110 Å². The van der Waals surface area contributed by atoms with E-state index < -0.39 is 0 Å². The summed E-state index contributed by atoms with van der Waals surface area (Å²) in [7, 11) is 0. The van der Waals surface area contributed by atoms with Gasteiger partial charge in [0.2, 0.25) is 0 Å². The number of carbonyl (C=O) groups is 1. The minimum atomic E-state index is -0.372. The molecule has 0 N–H and O–H groups in total. The van der Waals surface area contributed by atoms with Gasteiger partial charge in [-0.1, -0.05) is 116 Å². The first-order valence-electron chi connectivity index (χ1n) is 12.2. The Bertz CT molecular complexity index is 1520. The maximum Gasteiger partial charge on any atom is 0.330 e. The molecule has 0 unspecified atom stereocenters. The Labute approximate surface area is 212 Å². The average molecular weight is 469 g/mol. The fourth-order valence-corrected chi connectivity index (χ4v) is 4.98. The normalized spacial score (nSPS) is 10.9. The van der Waals surface area contributed by atoms with Crippen LogP contribution in [0.2, 0.25) is 0 Å². The van der Waals surface area contributed by atoms with Crippen LogP contribution in [0.4, 0.5) is 0 Å². The third-order valence-corrected chi connectivity index (χ3v) is 6.64. The van der Waals surface area contributed by atoms with Crippen LogP contribution in [0.1, 0.15) is 17.5 Å². The van der Waals surface area contributed by atoms with Crippen molar-refractivity contribution in [1.29, 1.82) is 0 Å². The van der Waals surface area contributed by atoms with Crippen LogP contribution in [0, 0.1) is 0 Å². The fraction of sp³-hybridized carbons (Fsp3) is 0.0882. The van der Waals surface area contributed by atoms with Crippen LogP contribution in [0.25, 0.3) is 49.9 Å². The highest BCUT2D eigenvalue weighted by molar-refractivity contribution is 6.21. The van der Waals surface area contributed by atoms with Gasteiger partial charge in [-0.15, -0.1) is 0 Å². The van der Waals surface area contributed by atoms with Crippen molar-refractivity contribution in [3.05, 3.63) is 127 Å². The lowest BCUT2D eigenvalue weighted by Crippen LogP contribution is -2.02. The average Bonchev–Trinajstić information content (AvgIpc) is 2.94. The SMILES string of the molecule is C=CC(=O)OCCCc1ccc(-c2c3ccccc3c(-c3ccccc3C=C)c3ccccc23)cc1. The van der Waals surface area contributed by atoms with Gasteiger partial charge in [0, 0.05) is 6.08 Å². The molecule has 36 heavy (non-hydrogen) atoms. The summed E-state index contributed by atoms with van der Waals surface area (Å²) in [6.07, 6.45) is 4.76. The first-order chi connectivity index (χ1) is 17.7. The van der Waals surface area contributed by atoms with E-state index in [1.54, 1.807) is 0 Å². The molecule has 0 radical (unpaired) electrons. The molecule has 5 aromatic carbocycles. The van der Waals surface area contributed by atoms with Crippen LogP contribution in [-0.4, -0.2) is 12.6 Å². The second-order valence-electron chi connectivity index (χ2n) is 8.80. The summed E-state index contributed by atoms with van der Waals surface area (Å²) in [6.45, 7) is 7.89. The molecule has 5 aromatic rings. The molecule has 0 heterocycles. The molecule has 0 aliphatic carbocycles. The number of aryl methyl sites for hydroxylation is 1. The van der Waals surface area contributed by atoms with E-state index in [-0.39, 0.29) is 5.97 Å². The van der Waals surface area contributed by atoms with E-state index in [1.165, 1.54) is 55.4 Å². The van der Waals surface area contributed by atoms with Gasteiger partial charge < -0.3 is 4.74 Å². The molecule has 5 rings (SSSR count). The lowest BCUT2D eigenvalue weighted by Gasteiger charge is -2.19. The summed E-state index contributed by atoms with van der Waals surface area (Å²) in [4.78, 5) is 11.2. The molecular weight excluding hydrogens is 440 g/mol. The summed E-state index contributed by atoms with van der Waals surface area (Å²) in [5.74, 6) is -0.372. The standard InChI is InChI=1S/C34H28O2/c1-3-25-13-5-6-14-27(25)34-30-17-9-7-15-28(30)33(29-16-8-10-18-31(29)34)26-21-19-24(20-22-26)12-11-23-36-32(35)4-2/h3-10,13-22H,1-2,11-12,23H2. The number of carbonyl (C=O) groups excluding carboxylic acids is 1. The highest BCUT2D eigenvalue weighted by Crippen LogP contribution is 2.44. The van der Waals surface area contributed by atoms with E-state index in [9.17, 15) is 4.79 Å². The number of fused-ring (bicyclic) bond motifs is 2. The first-order valence-corrected chi connectivity index (χ1v) is 12.2. The van der Waals surface area contributed by atoms with Gasteiger partial charge in [-0.3, -0.25) is 0 Å². The molecule has 0 bridgehead atoms. The van der Waals surface area contributed by atoms with Crippen LogP contribution in [0.5, 0.6) is 0 Å². The van der Waals surface area contributed by atoms with E-state index in [0.717, 1.165) is 18.4 Å². The molecule has 0 saturated carbocycles. The van der Waals surface area contributed by atoms with Gasteiger partial charge >= 0.3 is 5.97 Å². The Hall–Kier alpha value is -4.43. The van der Waals surface area contributed by atoms with Crippen LogP contribution in [0.3, 0.4) is 0 Å². The molecule has 0 aliphatic rings. The predicted molar refractivity (Wildman–Crippen MR) is 152 cm³/mol. The number of ether oxygens (including phenoxy) is 1. The van der Waals surface area contributed by atoms with Crippen LogP contribution < -0.4 is 0 Å². The van der Waals surface area contributed by atoms with E-state index in [0.29, 0.717) is 6.61 Å². The molecule has 0 fully saturated rings. The van der Waals surface area contributed by atoms with Crippen LogP contribution in [-0.2, 0) is 16.0 Å². The highest BCUT2D eigenvalue weighted by Gasteiger charge is 2.17. The summed E-state index contributed by atoms with van der Waals surface area (Å²) in [6, 6.07) is 34.6. The molecule has 0 aromatic heterocycles. The van der Waals surface area contributed by atoms with Crippen molar-refractivity contribution < 1.29 is 9.53 Å². The molecular formula is C34H28O2. The topological polar surface area (TPSA) is 26.3 Å². The van der Waals surface area contributed by atoms with E-state index >= 15 is 0 Å². The van der Waals surface area contributed by atoms with Crippen molar-refractivity contribution in [3.8, 4) is 22.3 Å². The van der Waals surface area contributed by atoms with Gasteiger partial charge in [-0.25, -0.2) is 4.79 Å². The monoisotopic (exact) mass is 468 g/mol. The zero-order valence-electron chi connectivity index (χ0n) is 20.2. The molecule has 176 valence electrons. The molecule has 0 atom stereocenters. The summed E-state index contributed by atoms with van der Waals surface area (Å²) >= 11 is 0. The third kappa shape index (κ3) is 4.46. The van der Waals surface area contributed by atoms with E-state index in [1.807, 2.05) is 6.08 Å².